The second kappa shape index (κ2) is 28.0. The number of carbonyl (C=O) groups excluding carboxylic acids is 1. The Bertz CT molecular complexity index is 888. The van der Waals surface area contributed by atoms with Crippen LogP contribution < -0.4 is 0 Å². The van der Waals surface area contributed by atoms with Gasteiger partial charge in [-0.2, -0.15) is 0 Å². The Hall–Kier alpha value is -0.610. The van der Waals surface area contributed by atoms with Crippen LogP contribution in [0.2, 0.25) is 0 Å². The highest BCUT2D eigenvalue weighted by molar-refractivity contribution is 5.69. The Morgan fingerprint density at radius 3 is 1.49 bits per heavy atom. The third-order valence-corrected chi connectivity index (χ3v) is 15.4. The lowest BCUT2D eigenvalue weighted by molar-refractivity contribution is -0.150. The summed E-state index contributed by atoms with van der Waals surface area (Å²) in [6, 6.07) is 0. The summed E-state index contributed by atoms with van der Waals surface area (Å²) in [6.45, 7) is 7.58. The van der Waals surface area contributed by atoms with Gasteiger partial charge in [-0.15, -0.1) is 0 Å². The van der Waals surface area contributed by atoms with E-state index in [-0.39, 0.29) is 12.1 Å². The van der Waals surface area contributed by atoms with Crippen LogP contribution in [0.1, 0.15) is 258 Å². The molecule has 4 aliphatic rings. The van der Waals surface area contributed by atoms with Crippen molar-refractivity contribution in [3.8, 4) is 0 Å². The van der Waals surface area contributed by atoms with Crippen molar-refractivity contribution in [2.24, 2.45) is 35.5 Å². The van der Waals surface area contributed by atoms with Crippen molar-refractivity contribution in [3.63, 3.8) is 0 Å². The molecule has 55 heavy (non-hydrogen) atoms. The molecule has 1 N–H and O–H groups in total. The minimum absolute atomic E-state index is 0.0443. The fourth-order valence-corrected chi connectivity index (χ4v) is 12.0. The molecule has 0 bridgehead atoms. The van der Waals surface area contributed by atoms with E-state index < -0.39 is 5.60 Å². The first-order valence-electron chi connectivity index (χ1n) is 25.4. The molecule has 4 heteroatoms. The predicted octanol–water partition coefficient (Wildman–Crippen LogP) is 15.3. The number of hydrogen-bond acceptors (Lipinski definition) is 4. The first-order chi connectivity index (χ1) is 26.9. The van der Waals surface area contributed by atoms with Crippen molar-refractivity contribution in [3.05, 3.63) is 0 Å². The second-order valence-corrected chi connectivity index (χ2v) is 20.1. The van der Waals surface area contributed by atoms with Crippen LogP contribution in [0, 0.1) is 35.5 Å². The predicted molar refractivity (Wildman–Crippen MR) is 233 cm³/mol. The molecule has 0 saturated heterocycles. The second-order valence-electron chi connectivity index (χ2n) is 20.1. The van der Waals surface area contributed by atoms with Crippen LogP contribution >= 0.6 is 0 Å². The molecule has 0 spiro atoms. The smallest absolute Gasteiger partial charge is 0.306 e. The third-order valence-electron chi connectivity index (χ3n) is 15.4. The Labute approximate surface area is 342 Å². The number of aliphatic hydroxyl groups is 1. The Kier molecular flexibility index (Phi) is 23.9. The maximum absolute atomic E-state index is 13.1. The largest absolute Gasteiger partial charge is 0.462 e. The van der Waals surface area contributed by atoms with Gasteiger partial charge in [0.05, 0.1) is 11.7 Å². The van der Waals surface area contributed by atoms with E-state index in [1.54, 1.807) is 0 Å². The van der Waals surface area contributed by atoms with Gasteiger partial charge in [0.1, 0.15) is 6.10 Å². The molecule has 322 valence electrons. The quantitative estimate of drug-likeness (QED) is 0.0547. The molecular formula is C51H94O4. The van der Waals surface area contributed by atoms with Gasteiger partial charge in [0.25, 0.3) is 0 Å². The molecule has 0 aromatic rings. The summed E-state index contributed by atoms with van der Waals surface area (Å²) in [5, 5.41) is 11.8. The summed E-state index contributed by atoms with van der Waals surface area (Å²) in [5.41, 5.74) is -0.674. The highest BCUT2D eigenvalue weighted by Gasteiger charge is 2.37. The monoisotopic (exact) mass is 771 g/mol. The first kappa shape index (κ1) is 47.1. The molecule has 5 unspecified atom stereocenters. The summed E-state index contributed by atoms with van der Waals surface area (Å²) in [5.74, 6) is 5.96. The van der Waals surface area contributed by atoms with E-state index >= 15 is 0 Å². The molecule has 0 heterocycles. The van der Waals surface area contributed by atoms with Crippen molar-refractivity contribution >= 4 is 5.97 Å². The molecule has 0 aromatic heterocycles. The van der Waals surface area contributed by atoms with E-state index in [1.165, 1.54) is 154 Å². The summed E-state index contributed by atoms with van der Waals surface area (Å²) in [6.07, 6.45) is 45.9. The number of rotatable bonds is 32. The summed E-state index contributed by atoms with van der Waals surface area (Å²) in [7, 11) is 0. The summed E-state index contributed by atoms with van der Waals surface area (Å²) >= 11 is 0. The molecule has 4 rings (SSSR count). The van der Waals surface area contributed by atoms with E-state index in [1.807, 2.05) is 0 Å². The number of hydrogen-bond donors (Lipinski definition) is 1. The van der Waals surface area contributed by atoms with E-state index in [9.17, 15) is 9.90 Å². The molecule has 0 aliphatic heterocycles. The number of carbonyl (C=O) groups is 1. The molecule has 4 aliphatic carbocycles. The summed E-state index contributed by atoms with van der Waals surface area (Å²) in [4.78, 5) is 13.1. The van der Waals surface area contributed by atoms with Crippen molar-refractivity contribution in [2.45, 2.75) is 276 Å². The standard InChI is InChI=1S/C51H94O4/c1-4-7-10-12-14-27-49(28-15-13-11-8-5-2)55-50(52)29-22-36-51(53,34-9-6-3)35-20-21-37-54-48(32-30-42-38-44-23-16-17-24-45(44)39-42)33-31-43-40-46-25-18-19-26-47(46)41-43/h42-49,53H,4-41H2,1-3H3. The number of ether oxygens (including phenoxy) is 2. The van der Waals surface area contributed by atoms with Crippen LogP contribution in [0.5, 0.6) is 0 Å². The van der Waals surface area contributed by atoms with E-state index in [4.69, 9.17) is 9.47 Å². The Morgan fingerprint density at radius 1 is 0.545 bits per heavy atom. The van der Waals surface area contributed by atoms with Gasteiger partial charge in [-0.1, -0.05) is 136 Å². The van der Waals surface area contributed by atoms with Gasteiger partial charge in [0.15, 0.2) is 0 Å². The van der Waals surface area contributed by atoms with Gasteiger partial charge in [-0.05, 0) is 151 Å². The first-order valence-corrected chi connectivity index (χ1v) is 25.4. The topological polar surface area (TPSA) is 55.8 Å². The molecule has 4 fully saturated rings. The molecule has 4 nitrogen and oxygen atoms in total. The van der Waals surface area contributed by atoms with Gasteiger partial charge >= 0.3 is 5.97 Å². The van der Waals surface area contributed by atoms with Gasteiger partial charge in [-0.3, -0.25) is 4.79 Å². The van der Waals surface area contributed by atoms with E-state index in [2.05, 4.69) is 20.8 Å². The van der Waals surface area contributed by atoms with Crippen LogP contribution in [-0.4, -0.2) is 35.5 Å². The average Bonchev–Trinajstić information content (AvgIpc) is 3.81. The normalized spacial score (nSPS) is 26.9. The fraction of sp³-hybridized carbons (Fsp3) is 0.980. The van der Waals surface area contributed by atoms with Crippen molar-refractivity contribution in [1.82, 2.24) is 0 Å². The van der Waals surface area contributed by atoms with Gasteiger partial charge in [0.2, 0.25) is 0 Å². The molecule has 0 amide bonds. The highest BCUT2D eigenvalue weighted by atomic mass is 16.5. The van der Waals surface area contributed by atoms with Crippen LogP contribution in [0.15, 0.2) is 0 Å². The van der Waals surface area contributed by atoms with Gasteiger partial charge in [0, 0.05) is 13.0 Å². The van der Waals surface area contributed by atoms with Crippen molar-refractivity contribution < 1.29 is 19.4 Å². The lowest BCUT2D eigenvalue weighted by Crippen LogP contribution is -2.29. The third kappa shape index (κ3) is 18.9. The lowest BCUT2D eigenvalue weighted by atomic mass is 9.82. The fourth-order valence-electron chi connectivity index (χ4n) is 12.0. The maximum Gasteiger partial charge on any atom is 0.306 e. The van der Waals surface area contributed by atoms with Crippen molar-refractivity contribution in [2.75, 3.05) is 6.61 Å². The van der Waals surface area contributed by atoms with Crippen molar-refractivity contribution in [1.29, 1.82) is 0 Å². The van der Waals surface area contributed by atoms with Gasteiger partial charge < -0.3 is 14.6 Å². The Morgan fingerprint density at radius 2 is 1.00 bits per heavy atom. The molecular weight excluding hydrogens is 677 g/mol. The molecule has 0 aromatic carbocycles. The van der Waals surface area contributed by atoms with E-state index in [0.29, 0.717) is 18.9 Å². The van der Waals surface area contributed by atoms with Crippen LogP contribution in [0.25, 0.3) is 0 Å². The highest BCUT2D eigenvalue weighted by Crippen LogP contribution is 2.48. The number of esters is 1. The molecule has 5 atom stereocenters. The summed E-state index contributed by atoms with van der Waals surface area (Å²) < 4.78 is 12.9. The number of unbranched alkanes of at least 4 members (excludes halogenated alkanes) is 10. The SMILES string of the molecule is CCCCCCCC(CCCCCCC)OC(=O)CCCC(O)(CCCC)CCCCOC(CCC1CC2CCCCC2C1)CCC1CC2CCCCC2C1. The number of fused-ring (bicyclic) bond motifs is 2. The minimum atomic E-state index is -0.674. The maximum atomic E-state index is 13.1. The minimum Gasteiger partial charge on any atom is -0.462 e. The Balaban J connectivity index is 1.17. The van der Waals surface area contributed by atoms with Crippen LogP contribution in [0.4, 0.5) is 0 Å². The zero-order valence-corrected chi connectivity index (χ0v) is 37.2. The van der Waals surface area contributed by atoms with E-state index in [0.717, 1.165) is 113 Å². The zero-order chi connectivity index (χ0) is 39.0. The molecule has 4 saturated carbocycles. The molecule has 0 radical (unpaired) electrons. The van der Waals surface area contributed by atoms with Crippen LogP contribution in [0.3, 0.4) is 0 Å². The lowest BCUT2D eigenvalue weighted by Gasteiger charge is -2.29. The van der Waals surface area contributed by atoms with Gasteiger partial charge in [-0.25, -0.2) is 0 Å². The zero-order valence-electron chi connectivity index (χ0n) is 37.2. The van der Waals surface area contributed by atoms with Crippen LogP contribution in [-0.2, 0) is 14.3 Å². The average molecular weight is 771 g/mol.